The van der Waals surface area contributed by atoms with Crippen molar-refractivity contribution >= 4 is 35.0 Å². The highest BCUT2D eigenvalue weighted by molar-refractivity contribution is 6.30. The lowest BCUT2D eigenvalue weighted by molar-refractivity contribution is -0.156. The molecule has 7 nitrogen and oxygen atoms in total. The van der Waals surface area contributed by atoms with Crippen molar-refractivity contribution in [2.24, 2.45) is 5.92 Å². The van der Waals surface area contributed by atoms with Gasteiger partial charge in [-0.3, -0.25) is 14.4 Å². The molecule has 1 aliphatic carbocycles. The van der Waals surface area contributed by atoms with Crippen LogP contribution in [0.3, 0.4) is 0 Å². The monoisotopic (exact) mass is 422 g/mol. The summed E-state index contributed by atoms with van der Waals surface area (Å²) < 4.78 is 10.5. The normalized spacial score (nSPS) is 20.6. The Morgan fingerprint density at radius 3 is 2.34 bits per heavy atom. The van der Waals surface area contributed by atoms with Gasteiger partial charge in [-0.15, -0.1) is 0 Å². The summed E-state index contributed by atoms with van der Waals surface area (Å²) in [6.07, 6.45) is 3.99. The zero-order valence-electron chi connectivity index (χ0n) is 16.8. The smallest absolute Gasteiger partial charge is 0.257 e. The number of nitrogens with zero attached hydrogens (tertiary/aromatic N) is 2. The van der Waals surface area contributed by atoms with Crippen LogP contribution in [-0.4, -0.2) is 55.7 Å². The second-order valence-corrected chi connectivity index (χ2v) is 7.93. The number of carbonyl (C=O) groups is 3. The summed E-state index contributed by atoms with van der Waals surface area (Å²) in [6.45, 7) is 0.0977. The minimum Gasteiger partial charge on any atom is -0.354 e. The van der Waals surface area contributed by atoms with Gasteiger partial charge in [0.15, 0.2) is 6.29 Å². The summed E-state index contributed by atoms with van der Waals surface area (Å²) in [4.78, 5) is 41.8. The number of ether oxygens (including phenoxy) is 2. The van der Waals surface area contributed by atoms with E-state index in [0.29, 0.717) is 10.7 Å². The van der Waals surface area contributed by atoms with Crippen LogP contribution in [0, 0.1) is 5.92 Å². The molecule has 29 heavy (non-hydrogen) atoms. The SMILES string of the molecule is COC(CN(C(=O)C1CCCCC1)C1CC(=O)N(c2ccc(Cl)cc2)C1=O)OC. The molecule has 2 fully saturated rings. The first-order valence-electron chi connectivity index (χ1n) is 9.94. The summed E-state index contributed by atoms with van der Waals surface area (Å²) in [6, 6.07) is 5.64. The van der Waals surface area contributed by atoms with Crippen molar-refractivity contribution in [3.63, 3.8) is 0 Å². The van der Waals surface area contributed by atoms with Crippen molar-refractivity contribution < 1.29 is 23.9 Å². The summed E-state index contributed by atoms with van der Waals surface area (Å²) in [5, 5.41) is 0.515. The third kappa shape index (κ3) is 4.79. The Morgan fingerprint density at radius 1 is 1.14 bits per heavy atom. The Morgan fingerprint density at radius 2 is 1.76 bits per heavy atom. The fourth-order valence-corrected chi connectivity index (χ4v) is 4.21. The van der Waals surface area contributed by atoms with Gasteiger partial charge in [-0.2, -0.15) is 0 Å². The van der Waals surface area contributed by atoms with Gasteiger partial charge in [-0.25, -0.2) is 4.90 Å². The van der Waals surface area contributed by atoms with E-state index < -0.39 is 18.2 Å². The van der Waals surface area contributed by atoms with E-state index in [-0.39, 0.29) is 30.7 Å². The van der Waals surface area contributed by atoms with Crippen molar-refractivity contribution in [3.05, 3.63) is 29.3 Å². The number of hydrogen-bond donors (Lipinski definition) is 0. The number of methoxy groups -OCH3 is 2. The lowest BCUT2D eigenvalue weighted by atomic mass is 9.88. The average molecular weight is 423 g/mol. The second-order valence-electron chi connectivity index (χ2n) is 7.49. The highest BCUT2D eigenvalue weighted by atomic mass is 35.5. The van der Waals surface area contributed by atoms with Crippen molar-refractivity contribution in [2.75, 3.05) is 25.7 Å². The van der Waals surface area contributed by atoms with Gasteiger partial charge >= 0.3 is 0 Å². The molecule has 1 saturated carbocycles. The molecular weight excluding hydrogens is 396 g/mol. The predicted octanol–water partition coefficient (Wildman–Crippen LogP) is 3.00. The number of anilines is 1. The van der Waals surface area contributed by atoms with Crippen LogP contribution in [0.2, 0.25) is 5.02 Å². The molecule has 1 aliphatic heterocycles. The van der Waals surface area contributed by atoms with Gasteiger partial charge in [0, 0.05) is 25.2 Å². The van der Waals surface area contributed by atoms with Gasteiger partial charge in [0.05, 0.1) is 18.7 Å². The molecule has 1 unspecified atom stereocenters. The number of rotatable bonds is 7. The van der Waals surface area contributed by atoms with E-state index in [1.165, 1.54) is 19.1 Å². The van der Waals surface area contributed by atoms with E-state index >= 15 is 0 Å². The fraction of sp³-hybridized carbons (Fsp3) is 0.571. The maximum absolute atomic E-state index is 13.3. The number of carbonyl (C=O) groups excluding carboxylic acids is 3. The van der Waals surface area contributed by atoms with Crippen LogP contribution < -0.4 is 4.90 Å². The molecular formula is C21H27ClN2O5. The Labute approximate surface area is 175 Å². The largest absolute Gasteiger partial charge is 0.354 e. The molecule has 3 amide bonds. The van der Waals surface area contributed by atoms with Gasteiger partial charge in [0.1, 0.15) is 6.04 Å². The molecule has 1 saturated heterocycles. The Balaban J connectivity index is 1.86. The maximum atomic E-state index is 13.3. The third-order valence-electron chi connectivity index (χ3n) is 5.69. The van der Waals surface area contributed by atoms with Crippen molar-refractivity contribution in [2.45, 2.75) is 50.9 Å². The highest BCUT2D eigenvalue weighted by Crippen LogP contribution is 2.31. The lowest BCUT2D eigenvalue weighted by Crippen LogP contribution is -2.51. The summed E-state index contributed by atoms with van der Waals surface area (Å²) >= 11 is 5.92. The third-order valence-corrected chi connectivity index (χ3v) is 5.94. The van der Waals surface area contributed by atoms with E-state index in [1.807, 2.05) is 0 Å². The lowest BCUT2D eigenvalue weighted by Gasteiger charge is -2.34. The van der Waals surface area contributed by atoms with E-state index in [9.17, 15) is 14.4 Å². The topological polar surface area (TPSA) is 76.2 Å². The minimum absolute atomic E-state index is 0.0555. The first kappa shape index (κ1) is 21.7. The molecule has 0 aromatic heterocycles. The van der Waals surface area contributed by atoms with E-state index in [2.05, 4.69) is 0 Å². The molecule has 0 N–H and O–H groups in total. The molecule has 2 aliphatic rings. The molecule has 0 spiro atoms. The van der Waals surface area contributed by atoms with Crippen LogP contribution in [0.15, 0.2) is 24.3 Å². The number of benzene rings is 1. The predicted molar refractivity (Wildman–Crippen MR) is 108 cm³/mol. The van der Waals surface area contributed by atoms with E-state index in [4.69, 9.17) is 21.1 Å². The van der Waals surface area contributed by atoms with Crippen molar-refractivity contribution in [3.8, 4) is 0 Å². The van der Waals surface area contributed by atoms with Gasteiger partial charge in [0.2, 0.25) is 11.8 Å². The molecule has 0 radical (unpaired) electrons. The minimum atomic E-state index is -0.861. The Hall–Kier alpha value is -1.96. The van der Waals surface area contributed by atoms with Crippen LogP contribution in [-0.2, 0) is 23.9 Å². The van der Waals surface area contributed by atoms with Gasteiger partial charge in [-0.05, 0) is 37.1 Å². The van der Waals surface area contributed by atoms with E-state index in [0.717, 1.165) is 37.0 Å². The molecule has 0 bridgehead atoms. The Kier molecular flexibility index (Phi) is 7.27. The van der Waals surface area contributed by atoms with Crippen LogP contribution in [0.25, 0.3) is 0 Å². The first-order chi connectivity index (χ1) is 14.0. The van der Waals surface area contributed by atoms with Crippen LogP contribution in [0.1, 0.15) is 38.5 Å². The average Bonchev–Trinajstić information content (AvgIpc) is 3.04. The molecule has 1 aromatic rings. The van der Waals surface area contributed by atoms with E-state index in [1.54, 1.807) is 24.3 Å². The highest BCUT2D eigenvalue weighted by Gasteiger charge is 2.46. The van der Waals surface area contributed by atoms with Gasteiger partial charge in [0.25, 0.3) is 5.91 Å². The molecule has 1 heterocycles. The number of hydrogen-bond acceptors (Lipinski definition) is 5. The molecule has 1 atom stereocenters. The quantitative estimate of drug-likeness (QED) is 0.498. The van der Waals surface area contributed by atoms with Crippen molar-refractivity contribution in [1.82, 2.24) is 4.90 Å². The fourth-order valence-electron chi connectivity index (χ4n) is 4.08. The van der Waals surface area contributed by atoms with Crippen molar-refractivity contribution in [1.29, 1.82) is 0 Å². The zero-order valence-corrected chi connectivity index (χ0v) is 17.6. The summed E-state index contributed by atoms with van der Waals surface area (Å²) in [7, 11) is 2.97. The second kappa shape index (κ2) is 9.69. The van der Waals surface area contributed by atoms with Gasteiger partial charge in [-0.1, -0.05) is 30.9 Å². The molecule has 3 rings (SSSR count). The number of halogens is 1. The maximum Gasteiger partial charge on any atom is 0.257 e. The van der Waals surface area contributed by atoms with Gasteiger partial charge < -0.3 is 14.4 Å². The van der Waals surface area contributed by atoms with Crippen LogP contribution in [0.4, 0.5) is 5.69 Å². The zero-order chi connectivity index (χ0) is 21.0. The Bertz CT molecular complexity index is 744. The van der Waals surface area contributed by atoms with Crippen LogP contribution in [0.5, 0.6) is 0 Å². The molecule has 158 valence electrons. The van der Waals surface area contributed by atoms with Crippen LogP contribution >= 0.6 is 11.6 Å². The summed E-state index contributed by atoms with van der Waals surface area (Å²) in [5.41, 5.74) is 0.451. The summed E-state index contributed by atoms with van der Waals surface area (Å²) in [5.74, 6) is -0.985. The molecule has 1 aromatic carbocycles. The standard InChI is InChI=1S/C21H27ClN2O5/c1-28-19(29-2)13-23(20(26)14-6-4-3-5-7-14)17-12-18(25)24(21(17)27)16-10-8-15(22)9-11-16/h8-11,14,17,19H,3-7,12-13H2,1-2H3. The number of amides is 3. The molecule has 8 heteroatoms. The number of imide groups is 1. The first-order valence-corrected chi connectivity index (χ1v) is 10.3.